The van der Waals surface area contributed by atoms with Crippen LogP contribution in [0.5, 0.6) is 5.75 Å². The third kappa shape index (κ3) is 5.11. The van der Waals surface area contributed by atoms with Gasteiger partial charge in [0.15, 0.2) is 0 Å². The Morgan fingerprint density at radius 2 is 1.97 bits per heavy atom. The molecule has 1 saturated heterocycles. The van der Waals surface area contributed by atoms with Crippen LogP contribution in [-0.4, -0.2) is 33.7 Å². The van der Waals surface area contributed by atoms with E-state index >= 15 is 0 Å². The molecule has 6 nitrogen and oxygen atoms in total. The monoisotopic (exact) mass is 512 g/mol. The van der Waals surface area contributed by atoms with E-state index in [9.17, 15) is 4.79 Å². The molecule has 0 spiro atoms. The molecule has 2 aromatic carbocycles. The average molecular weight is 513 g/mol. The molecule has 37 heavy (non-hydrogen) atoms. The molecule has 0 bridgehead atoms. The van der Waals surface area contributed by atoms with Gasteiger partial charge < -0.3 is 10.1 Å². The SMILES string of the molecule is C#Cn1c(=O)c(-c2cc(C)cc(C)c2)c(OCCC2CCCCN2)c2cc(-c3cnccn3)c(Cl)cc21. The summed E-state index contributed by atoms with van der Waals surface area (Å²) in [6.07, 6.45) is 15.1. The van der Waals surface area contributed by atoms with Gasteiger partial charge in [-0.25, -0.2) is 4.57 Å². The Morgan fingerprint density at radius 3 is 2.65 bits per heavy atom. The maximum Gasteiger partial charge on any atom is 0.274 e. The number of nitrogens with one attached hydrogen (secondary N) is 1. The molecule has 1 unspecified atom stereocenters. The minimum atomic E-state index is -0.311. The highest BCUT2D eigenvalue weighted by Gasteiger charge is 2.23. The smallest absolute Gasteiger partial charge is 0.274 e. The molecule has 0 radical (unpaired) electrons. The fourth-order valence-electron chi connectivity index (χ4n) is 5.14. The number of ether oxygens (including phenoxy) is 1. The average Bonchev–Trinajstić information content (AvgIpc) is 2.89. The number of pyridine rings is 1. The summed E-state index contributed by atoms with van der Waals surface area (Å²) in [6.45, 7) is 5.52. The third-order valence-corrected chi connectivity index (χ3v) is 7.13. The number of nitrogens with zero attached hydrogens (tertiary/aromatic N) is 3. The molecule has 0 saturated carbocycles. The van der Waals surface area contributed by atoms with Crippen molar-refractivity contribution in [2.45, 2.75) is 45.6 Å². The number of fused-ring (bicyclic) bond motifs is 1. The first-order valence-corrected chi connectivity index (χ1v) is 12.9. The van der Waals surface area contributed by atoms with Gasteiger partial charge in [0.05, 0.1) is 34.6 Å². The maximum absolute atomic E-state index is 13.9. The molecular weight excluding hydrogens is 484 g/mol. The van der Waals surface area contributed by atoms with Gasteiger partial charge in [0, 0.05) is 35.4 Å². The van der Waals surface area contributed by atoms with Gasteiger partial charge in [-0.1, -0.05) is 53.8 Å². The lowest BCUT2D eigenvalue weighted by Gasteiger charge is -2.24. The van der Waals surface area contributed by atoms with Crippen molar-refractivity contribution in [3.8, 4) is 40.6 Å². The third-order valence-electron chi connectivity index (χ3n) is 6.82. The van der Waals surface area contributed by atoms with Crippen molar-refractivity contribution >= 4 is 22.5 Å². The van der Waals surface area contributed by atoms with Gasteiger partial charge >= 0.3 is 0 Å². The molecule has 5 rings (SSSR count). The summed E-state index contributed by atoms with van der Waals surface area (Å²) in [6, 6.07) is 12.6. The van der Waals surface area contributed by atoms with Crippen molar-refractivity contribution in [1.82, 2.24) is 19.9 Å². The minimum absolute atomic E-state index is 0.311. The Balaban J connectivity index is 1.74. The maximum atomic E-state index is 13.9. The number of hydrogen-bond donors (Lipinski definition) is 1. The van der Waals surface area contributed by atoms with Crippen molar-refractivity contribution in [2.24, 2.45) is 0 Å². The topological polar surface area (TPSA) is 69.0 Å². The zero-order valence-corrected chi connectivity index (χ0v) is 21.8. The second kappa shape index (κ2) is 10.8. The highest BCUT2D eigenvalue weighted by Crippen LogP contribution is 2.39. The zero-order chi connectivity index (χ0) is 25.9. The molecule has 4 aromatic rings. The van der Waals surface area contributed by atoms with E-state index in [2.05, 4.69) is 27.4 Å². The minimum Gasteiger partial charge on any atom is -0.492 e. The number of terminal acetylenes is 1. The number of piperidine rings is 1. The van der Waals surface area contributed by atoms with E-state index in [-0.39, 0.29) is 5.56 Å². The van der Waals surface area contributed by atoms with Crippen molar-refractivity contribution in [3.63, 3.8) is 0 Å². The predicted molar refractivity (Wildman–Crippen MR) is 149 cm³/mol. The molecule has 1 aliphatic heterocycles. The summed E-state index contributed by atoms with van der Waals surface area (Å²) in [5.41, 5.74) is 4.84. The summed E-state index contributed by atoms with van der Waals surface area (Å²) in [7, 11) is 0. The van der Waals surface area contributed by atoms with Crippen molar-refractivity contribution < 1.29 is 4.74 Å². The van der Waals surface area contributed by atoms with E-state index in [1.165, 1.54) is 17.4 Å². The van der Waals surface area contributed by atoms with E-state index in [1.54, 1.807) is 24.7 Å². The molecule has 2 aromatic heterocycles. The molecule has 7 heteroatoms. The Labute approximate surface area is 221 Å². The number of rotatable bonds is 6. The van der Waals surface area contributed by atoms with Crippen LogP contribution in [0.25, 0.3) is 33.3 Å². The molecular formula is C30H29ClN4O2. The zero-order valence-electron chi connectivity index (χ0n) is 21.1. The van der Waals surface area contributed by atoms with Gasteiger partial charge in [0.2, 0.25) is 0 Å². The van der Waals surface area contributed by atoms with E-state index in [1.807, 2.05) is 32.0 Å². The van der Waals surface area contributed by atoms with Gasteiger partial charge in [-0.2, -0.15) is 0 Å². The normalized spacial score (nSPS) is 15.5. The first-order valence-electron chi connectivity index (χ1n) is 12.6. The van der Waals surface area contributed by atoms with Gasteiger partial charge in [-0.15, -0.1) is 0 Å². The van der Waals surface area contributed by atoms with Gasteiger partial charge in [0.25, 0.3) is 5.56 Å². The number of aryl methyl sites for hydroxylation is 2. The lowest BCUT2D eigenvalue weighted by atomic mass is 9.98. The molecule has 188 valence electrons. The predicted octanol–water partition coefficient (Wildman–Crippen LogP) is 5.75. The first kappa shape index (κ1) is 25.0. The van der Waals surface area contributed by atoms with Crippen molar-refractivity contribution in [2.75, 3.05) is 13.2 Å². The van der Waals surface area contributed by atoms with Crippen LogP contribution in [0.15, 0.2) is 53.7 Å². The number of hydrogen-bond acceptors (Lipinski definition) is 5. The molecule has 3 heterocycles. The molecule has 0 amide bonds. The molecule has 1 N–H and O–H groups in total. The van der Waals surface area contributed by atoms with Crippen LogP contribution in [0.3, 0.4) is 0 Å². The van der Waals surface area contributed by atoms with E-state index in [0.29, 0.717) is 51.1 Å². The molecule has 1 aliphatic rings. The van der Waals surface area contributed by atoms with Gasteiger partial charge in [-0.05, 0) is 57.4 Å². The number of aromatic nitrogens is 3. The standard InChI is InChI=1S/C30H29ClN4O2/c1-4-35-27-17-25(31)23(26-18-32-10-11-34-26)16-24(27)29(37-12-8-22-7-5-6-9-33-22)28(30(35)36)21-14-19(2)13-20(3)15-21/h1,10-11,13-18,22,33H,5-9,12H2,2-3H3. The Bertz CT molecular complexity index is 1530. The van der Waals surface area contributed by atoms with E-state index < -0.39 is 0 Å². The van der Waals surface area contributed by atoms with Gasteiger partial charge in [0.1, 0.15) is 5.75 Å². The largest absolute Gasteiger partial charge is 0.492 e. The Hall–Kier alpha value is -3.66. The lowest BCUT2D eigenvalue weighted by Crippen LogP contribution is -2.35. The summed E-state index contributed by atoms with van der Waals surface area (Å²) in [4.78, 5) is 22.5. The second-order valence-electron chi connectivity index (χ2n) is 9.57. The summed E-state index contributed by atoms with van der Waals surface area (Å²) in [5.74, 6) is 0.508. The van der Waals surface area contributed by atoms with Crippen molar-refractivity contribution in [1.29, 1.82) is 0 Å². The summed E-state index contributed by atoms with van der Waals surface area (Å²) >= 11 is 6.67. The van der Waals surface area contributed by atoms with Crippen LogP contribution in [0, 0.1) is 26.3 Å². The van der Waals surface area contributed by atoms with Crippen LogP contribution in [0.4, 0.5) is 0 Å². The molecule has 1 atom stereocenters. The number of benzene rings is 2. The fourth-order valence-corrected chi connectivity index (χ4v) is 5.40. The number of halogens is 1. The van der Waals surface area contributed by atoms with E-state index in [0.717, 1.165) is 36.1 Å². The Kier molecular flexibility index (Phi) is 7.27. The fraction of sp³-hybridized carbons (Fsp3) is 0.300. The first-order chi connectivity index (χ1) is 18.0. The Morgan fingerprint density at radius 1 is 1.16 bits per heavy atom. The highest BCUT2D eigenvalue weighted by atomic mass is 35.5. The lowest BCUT2D eigenvalue weighted by molar-refractivity contribution is 0.271. The highest BCUT2D eigenvalue weighted by molar-refractivity contribution is 6.34. The van der Waals surface area contributed by atoms with Crippen LogP contribution >= 0.6 is 11.6 Å². The quantitative estimate of drug-likeness (QED) is 0.333. The molecule has 1 fully saturated rings. The van der Waals surface area contributed by atoms with Gasteiger partial charge in [-0.3, -0.25) is 14.8 Å². The van der Waals surface area contributed by atoms with Crippen LogP contribution in [0.1, 0.15) is 36.8 Å². The molecule has 0 aliphatic carbocycles. The summed E-state index contributed by atoms with van der Waals surface area (Å²) in [5, 5.41) is 4.69. The van der Waals surface area contributed by atoms with Crippen molar-refractivity contribution in [3.05, 3.63) is 75.4 Å². The van der Waals surface area contributed by atoms with Crippen LogP contribution in [0.2, 0.25) is 5.02 Å². The van der Waals surface area contributed by atoms with E-state index in [4.69, 9.17) is 22.8 Å². The second-order valence-corrected chi connectivity index (χ2v) is 9.98. The van der Waals surface area contributed by atoms with Crippen LogP contribution < -0.4 is 15.6 Å². The van der Waals surface area contributed by atoms with Crippen LogP contribution in [-0.2, 0) is 0 Å². The summed E-state index contributed by atoms with van der Waals surface area (Å²) < 4.78 is 7.81.